The van der Waals surface area contributed by atoms with E-state index >= 15 is 0 Å². The third-order valence-electron chi connectivity index (χ3n) is 2.95. The molecule has 0 radical (unpaired) electrons. The van der Waals surface area contributed by atoms with E-state index in [4.69, 9.17) is 15.0 Å². The van der Waals surface area contributed by atoms with Crippen molar-refractivity contribution in [2.45, 2.75) is 0 Å². The third-order valence-corrected chi connectivity index (χ3v) is 3.67. The molecule has 6 nitrogen and oxygen atoms in total. The molecule has 0 saturated carbocycles. The zero-order valence-corrected chi connectivity index (χ0v) is 11.8. The molecule has 1 aliphatic heterocycles. The Morgan fingerprint density at radius 3 is 2.79 bits per heavy atom. The minimum Gasteiger partial charge on any atom is -0.398 e. The summed E-state index contributed by atoms with van der Waals surface area (Å²) < 4.78 is 11.4. The number of nitrogens with zero attached hydrogens (tertiary/aromatic N) is 3. The molecule has 2 N–H and O–H groups in total. The zero-order valence-electron chi connectivity index (χ0n) is 10.2. The maximum atomic E-state index is 5.84. The zero-order chi connectivity index (χ0) is 13.2. The van der Waals surface area contributed by atoms with E-state index in [1.165, 1.54) is 0 Å². The number of rotatable bonds is 2. The summed E-state index contributed by atoms with van der Waals surface area (Å²) in [4.78, 5) is 6.44. The molecule has 0 amide bonds. The van der Waals surface area contributed by atoms with Crippen LogP contribution in [0.5, 0.6) is 0 Å². The molecule has 19 heavy (non-hydrogen) atoms. The van der Waals surface area contributed by atoms with Crippen LogP contribution < -0.4 is 10.6 Å². The predicted octanol–water partition coefficient (Wildman–Crippen LogP) is 1.92. The molecular weight excluding hydrogens is 312 g/mol. The number of ether oxygens (including phenoxy) is 1. The van der Waals surface area contributed by atoms with Crippen molar-refractivity contribution >= 4 is 27.6 Å². The first-order valence-corrected chi connectivity index (χ1v) is 6.75. The summed E-state index contributed by atoms with van der Waals surface area (Å²) in [6, 6.07) is 5.56. The van der Waals surface area contributed by atoms with E-state index in [0.717, 1.165) is 23.1 Å². The van der Waals surface area contributed by atoms with Gasteiger partial charge < -0.3 is 19.9 Å². The largest absolute Gasteiger partial charge is 0.398 e. The first-order valence-electron chi connectivity index (χ1n) is 5.96. The number of aromatic nitrogens is 2. The Morgan fingerprint density at radius 2 is 2.05 bits per heavy atom. The van der Waals surface area contributed by atoms with Gasteiger partial charge in [-0.2, -0.15) is 4.98 Å². The second-order valence-electron chi connectivity index (χ2n) is 4.24. The molecule has 0 spiro atoms. The molecule has 1 aromatic carbocycles. The van der Waals surface area contributed by atoms with Crippen molar-refractivity contribution in [3.63, 3.8) is 0 Å². The lowest BCUT2D eigenvalue weighted by atomic mass is 10.2. The molecule has 1 saturated heterocycles. The number of hydrogen-bond donors (Lipinski definition) is 1. The number of nitrogens with two attached hydrogens (primary N) is 1. The Hall–Kier alpha value is -1.60. The fourth-order valence-corrected chi connectivity index (χ4v) is 2.15. The van der Waals surface area contributed by atoms with Crippen molar-refractivity contribution in [3.8, 4) is 11.5 Å². The third kappa shape index (κ3) is 2.57. The summed E-state index contributed by atoms with van der Waals surface area (Å²) in [6.07, 6.45) is 0. The lowest BCUT2D eigenvalue weighted by molar-refractivity contribution is 0.121. The van der Waals surface area contributed by atoms with Gasteiger partial charge in [0.1, 0.15) is 0 Å². The van der Waals surface area contributed by atoms with Crippen molar-refractivity contribution in [2.75, 3.05) is 36.9 Å². The highest BCUT2D eigenvalue weighted by Gasteiger charge is 2.18. The van der Waals surface area contributed by atoms with Gasteiger partial charge in [0.25, 0.3) is 11.8 Å². The van der Waals surface area contributed by atoms with Gasteiger partial charge in [-0.25, -0.2) is 0 Å². The molecule has 2 heterocycles. The molecule has 0 unspecified atom stereocenters. The maximum absolute atomic E-state index is 5.84. The molecule has 0 aliphatic carbocycles. The first kappa shape index (κ1) is 12.4. The van der Waals surface area contributed by atoms with Crippen molar-refractivity contribution in [2.24, 2.45) is 0 Å². The second kappa shape index (κ2) is 5.18. The summed E-state index contributed by atoms with van der Waals surface area (Å²) >= 11 is 3.36. The summed E-state index contributed by atoms with van der Waals surface area (Å²) in [5.74, 6) is 1.07. The SMILES string of the molecule is Nc1cc(-c2nc(N3CCOCC3)no2)ccc1Br. The predicted molar refractivity (Wildman–Crippen MR) is 74.9 cm³/mol. The summed E-state index contributed by atoms with van der Waals surface area (Å²) in [5, 5.41) is 4.00. The van der Waals surface area contributed by atoms with Gasteiger partial charge in [0, 0.05) is 28.8 Å². The molecule has 1 aliphatic rings. The minimum absolute atomic E-state index is 0.473. The topological polar surface area (TPSA) is 77.4 Å². The Balaban J connectivity index is 1.85. The van der Waals surface area contributed by atoms with Crippen LogP contribution in [0.15, 0.2) is 27.2 Å². The standard InChI is InChI=1S/C12H13BrN4O2/c13-9-2-1-8(7-10(9)14)11-15-12(16-19-11)17-3-5-18-6-4-17/h1-2,7H,3-6,14H2. The van der Waals surface area contributed by atoms with Crippen LogP contribution in [0.4, 0.5) is 11.6 Å². The van der Waals surface area contributed by atoms with E-state index in [2.05, 4.69) is 26.1 Å². The second-order valence-corrected chi connectivity index (χ2v) is 5.09. The van der Waals surface area contributed by atoms with Crippen LogP contribution in [0.25, 0.3) is 11.5 Å². The monoisotopic (exact) mass is 324 g/mol. The molecule has 0 atom stereocenters. The van der Waals surface area contributed by atoms with Gasteiger partial charge in [0.05, 0.1) is 13.2 Å². The lowest BCUT2D eigenvalue weighted by Gasteiger charge is -2.24. The first-order chi connectivity index (χ1) is 9.24. The van der Waals surface area contributed by atoms with Gasteiger partial charge in [0.2, 0.25) is 0 Å². The number of anilines is 2. The van der Waals surface area contributed by atoms with Crippen LogP contribution in [-0.4, -0.2) is 36.4 Å². The number of benzene rings is 1. The normalized spacial score (nSPS) is 15.7. The molecule has 0 bridgehead atoms. The number of hydrogen-bond acceptors (Lipinski definition) is 6. The van der Waals surface area contributed by atoms with Crippen LogP contribution in [0.2, 0.25) is 0 Å². The van der Waals surface area contributed by atoms with Gasteiger partial charge >= 0.3 is 0 Å². The van der Waals surface area contributed by atoms with Crippen LogP contribution in [0.1, 0.15) is 0 Å². The van der Waals surface area contributed by atoms with E-state index in [9.17, 15) is 0 Å². The Morgan fingerprint density at radius 1 is 1.26 bits per heavy atom. The van der Waals surface area contributed by atoms with Crippen LogP contribution >= 0.6 is 15.9 Å². The Kier molecular flexibility index (Phi) is 3.39. The number of morpholine rings is 1. The van der Waals surface area contributed by atoms with E-state index in [0.29, 0.717) is 30.7 Å². The summed E-state index contributed by atoms with van der Waals surface area (Å²) in [6.45, 7) is 2.94. The van der Waals surface area contributed by atoms with Gasteiger partial charge in [-0.3, -0.25) is 0 Å². The highest BCUT2D eigenvalue weighted by molar-refractivity contribution is 9.10. The van der Waals surface area contributed by atoms with Gasteiger partial charge in [-0.1, -0.05) is 0 Å². The number of nitrogen functional groups attached to an aromatic ring is 1. The average molecular weight is 325 g/mol. The lowest BCUT2D eigenvalue weighted by Crippen LogP contribution is -2.36. The summed E-state index contributed by atoms with van der Waals surface area (Å²) in [7, 11) is 0. The summed E-state index contributed by atoms with van der Waals surface area (Å²) in [5.41, 5.74) is 7.30. The van der Waals surface area contributed by atoms with E-state index < -0.39 is 0 Å². The molecule has 7 heteroatoms. The van der Waals surface area contributed by atoms with Crippen molar-refractivity contribution in [1.29, 1.82) is 0 Å². The van der Waals surface area contributed by atoms with Gasteiger partial charge in [-0.15, -0.1) is 0 Å². The molecule has 1 fully saturated rings. The van der Waals surface area contributed by atoms with Crippen molar-refractivity contribution in [3.05, 3.63) is 22.7 Å². The molecule has 2 aromatic rings. The van der Waals surface area contributed by atoms with Crippen molar-refractivity contribution in [1.82, 2.24) is 10.1 Å². The van der Waals surface area contributed by atoms with E-state index in [1.807, 2.05) is 17.0 Å². The molecular formula is C12H13BrN4O2. The van der Waals surface area contributed by atoms with E-state index in [-0.39, 0.29) is 0 Å². The van der Waals surface area contributed by atoms with E-state index in [1.54, 1.807) is 6.07 Å². The number of halogens is 1. The molecule has 3 rings (SSSR count). The fourth-order valence-electron chi connectivity index (χ4n) is 1.90. The molecule has 1 aromatic heterocycles. The Labute approximate surface area is 118 Å². The average Bonchev–Trinajstić information content (AvgIpc) is 2.93. The van der Waals surface area contributed by atoms with Crippen LogP contribution in [0.3, 0.4) is 0 Å². The van der Waals surface area contributed by atoms with Crippen molar-refractivity contribution < 1.29 is 9.26 Å². The fraction of sp³-hybridized carbons (Fsp3) is 0.333. The smallest absolute Gasteiger partial charge is 0.266 e. The van der Waals surface area contributed by atoms with Crippen LogP contribution in [-0.2, 0) is 4.74 Å². The minimum atomic E-state index is 0.473. The van der Waals surface area contributed by atoms with Gasteiger partial charge in [-0.05, 0) is 39.3 Å². The highest BCUT2D eigenvalue weighted by Crippen LogP contribution is 2.27. The Bertz CT molecular complexity index is 581. The quantitative estimate of drug-likeness (QED) is 0.850. The highest BCUT2D eigenvalue weighted by atomic mass is 79.9. The van der Waals surface area contributed by atoms with Crippen LogP contribution in [0, 0.1) is 0 Å². The van der Waals surface area contributed by atoms with Gasteiger partial charge in [0.15, 0.2) is 0 Å². The maximum Gasteiger partial charge on any atom is 0.266 e. The molecule has 100 valence electrons.